The number of carbonyl (C=O) groups is 2. The van der Waals surface area contributed by atoms with Crippen LogP contribution in [0.5, 0.6) is 17.4 Å². The van der Waals surface area contributed by atoms with Crippen molar-refractivity contribution in [1.29, 1.82) is 0 Å². The fraction of sp³-hybridized carbons (Fsp3) is 0.361. The van der Waals surface area contributed by atoms with Crippen LogP contribution in [0.15, 0.2) is 54.9 Å². The molecule has 6 rings (SSSR count). The Bertz CT molecular complexity index is 1840. The van der Waals surface area contributed by atoms with Crippen molar-refractivity contribution >= 4 is 23.4 Å². The van der Waals surface area contributed by atoms with Gasteiger partial charge in [0.2, 0.25) is 17.7 Å². The van der Waals surface area contributed by atoms with Crippen molar-refractivity contribution < 1.29 is 23.8 Å². The molecule has 0 radical (unpaired) electrons. The predicted octanol–water partition coefficient (Wildman–Crippen LogP) is 4.29. The van der Waals surface area contributed by atoms with Crippen LogP contribution < -0.4 is 35.5 Å². The van der Waals surface area contributed by atoms with Crippen LogP contribution in [0.3, 0.4) is 0 Å². The van der Waals surface area contributed by atoms with Gasteiger partial charge in [-0.3, -0.25) is 9.59 Å². The van der Waals surface area contributed by atoms with E-state index in [1.54, 1.807) is 21.3 Å². The van der Waals surface area contributed by atoms with Crippen LogP contribution in [0.1, 0.15) is 36.8 Å². The highest BCUT2D eigenvalue weighted by Gasteiger charge is 2.23. The van der Waals surface area contributed by atoms with Crippen molar-refractivity contribution in [1.82, 2.24) is 36.2 Å². The molecule has 2 aromatic heterocycles. The Morgan fingerprint density at radius 3 is 2.08 bits per heavy atom. The average Bonchev–Trinajstić information content (AvgIpc) is 3.74. The standard InChI is InChI=1S/C36H40ClN7O5/c1-47-29-15-21(7-8-22(29)16-38-18-24-10-13-30(45)42-24)33-35(48-2)34(41-20-40-33)27-6-4-5-26(32(27)37)28-12-9-23(36(44-28)49-3)17-39-19-25-11-14-31(46)43-25/h4-9,12,15,20,24-25,38-39H,10-11,13-14,16-19H2,1-3H3,(H,42,45)(H,43,46)/t24-,25+/m0/s1. The second-order valence-corrected chi connectivity index (χ2v) is 12.4. The van der Waals surface area contributed by atoms with E-state index in [0.29, 0.717) is 89.6 Å². The number of benzene rings is 2. The molecule has 2 fully saturated rings. The summed E-state index contributed by atoms with van der Waals surface area (Å²) in [6, 6.07) is 15.7. The van der Waals surface area contributed by atoms with Gasteiger partial charge in [-0.05, 0) is 25.0 Å². The summed E-state index contributed by atoms with van der Waals surface area (Å²) in [6.45, 7) is 2.48. The SMILES string of the molecule is COc1cc(-c2ncnc(-c3cccc(-c4ccc(CNC[C@H]5CCC(=O)N5)c(OC)n4)c3Cl)c2OC)ccc1CNC[C@@H]1CCC(=O)N1. The van der Waals surface area contributed by atoms with E-state index in [2.05, 4.69) is 31.2 Å². The van der Waals surface area contributed by atoms with Crippen molar-refractivity contribution in [3.05, 3.63) is 71.0 Å². The number of amides is 2. The first kappa shape index (κ1) is 34.1. The second kappa shape index (κ2) is 15.6. The number of halogens is 1. The predicted molar refractivity (Wildman–Crippen MR) is 187 cm³/mol. The quantitative estimate of drug-likeness (QED) is 0.152. The molecule has 13 heteroatoms. The first-order valence-electron chi connectivity index (χ1n) is 16.3. The number of aromatic nitrogens is 3. The zero-order valence-corrected chi connectivity index (χ0v) is 28.5. The number of rotatable bonds is 14. The van der Waals surface area contributed by atoms with Crippen LogP contribution in [0.25, 0.3) is 33.8 Å². The van der Waals surface area contributed by atoms with E-state index in [9.17, 15) is 9.59 Å². The average molecular weight is 686 g/mol. The summed E-state index contributed by atoms with van der Waals surface area (Å²) in [5.41, 5.74) is 5.82. The van der Waals surface area contributed by atoms with Gasteiger partial charge >= 0.3 is 0 Å². The van der Waals surface area contributed by atoms with Crippen LogP contribution in [0, 0.1) is 0 Å². The van der Waals surface area contributed by atoms with E-state index in [1.807, 2.05) is 48.5 Å². The van der Waals surface area contributed by atoms with Gasteiger partial charge in [-0.1, -0.05) is 48.0 Å². The molecule has 4 heterocycles. The number of nitrogens with zero attached hydrogens (tertiary/aromatic N) is 3. The number of hydrogen-bond donors (Lipinski definition) is 4. The van der Waals surface area contributed by atoms with Crippen molar-refractivity contribution in [2.75, 3.05) is 34.4 Å². The van der Waals surface area contributed by atoms with Gasteiger partial charge in [-0.15, -0.1) is 0 Å². The summed E-state index contributed by atoms with van der Waals surface area (Å²) >= 11 is 7.09. The molecule has 0 aliphatic carbocycles. The minimum Gasteiger partial charge on any atom is -0.496 e. The molecule has 2 saturated heterocycles. The van der Waals surface area contributed by atoms with Crippen molar-refractivity contribution in [2.45, 2.75) is 50.9 Å². The largest absolute Gasteiger partial charge is 0.496 e. The first-order valence-corrected chi connectivity index (χ1v) is 16.7. The maximum Gasteiger partial charge on any atom is 0.220 e. The van der Waals surface area contributed by atoms with E-state index < -0.39 is 0 Å². The van der Waals surface area contributed by atoms with Gasteiger partial charge in [0.25, 0.3) is 0 Å². The van der Waals surface area contributed by atoms with Gasteiger partial charge in [0, 0.05) is 78.9 Å². The summed E-state index contributed by atoms with van der Waals surface area (Å²) in [7, 11) is 4.81. The second-order valence-electron chi connectivity index (χ2n) is 12.0. The van der Waals surface area contributed by atoms with Gasteiger partial charge < -0.3 is 35.5 Å². The third-order valence-corrected chi connectivity index (χ3v) is 9.22. The molecule has 2 aromatic carbocycles. The maximum absolute atomic E-state index is 11.5. The lowest BCUT2D eigenvalue weighted by Gasteiger charge is -2.17. The lowest BCUT2D eigenvalue weighted by Crippen LogP contribution is -2.35. The highest BCUT2D eigenvalue weighted by molar-refractivity contribution is 6.36. The summed E-state index contributed by atoms with van der Waals surface area (Å²) < 4.78 is 17.3. The fourth-order valence-corrected chi connectivity index (χ4v) is 6.58. The number of pyridine rings is 1. The van der Waals surface area contributed by atoms with Gasteiger partial charge in [-0.2, -0.15) is 0 Å². The first-order chi connectivity index (χ1) is 23.9. The topological polar surface area (TPSA) is 149 Å². The smallest absolute Gasteiger partial charge is 0.220 e. The van der Waals surface area contributed by atoms with Gasteiger partial charge in [0.15, 0.2) is 5.75 Å². The van der Waals surface area contributed by atoms with Gasteiger partial charge in [0.05, 0.1) is 32.0 Å². The third kappa shape index (κ3) is 7.77. The third-order valence-electron chi connectivity index (χ3n) is 8.81. The van der Waals surface area contributed by atoms with E-state index in [-0.39, 0.29) is 23.9 Å². The number of methoxy groups -OCH3 is 3. The Balaban J connectivity index is 1.23. The molecule has 0 unspecified atom stereocenters. The van der Waals surface area contributed by atoms with Crippen LogP contribution in [0.2, 0.25) is 5.02 Å². The molecule has 0 bridgehead atoms. The molecule has 12 nitrogen and oxygen atoms in total. The highest BCUT2D eigenvalue weighted by Crippen LogP contribution is 2.42. The highest BCUT2D eigenvalue weighted by atomic mass is 35.5. The van der Waals surface area contributed by atoms with Crippen LogP contribution >= 0.6 is 11.6 Å². The number of carbonyl (C=O) groups excluding carboxylic acids is 2. The van der Waals surface area contributed by atoms with Gasteiger partial charge in [-0.25, -0.2) is 15.0 Å². The molecule has 4 aromatic rings. The van der Waals surface area contributed by atoms with Crippen molar-refractivity contribution in [3.63, 3.8) is 0 Å². The molecule has 2 aliphatic heterocycles. The number of hydrogen-bond acceptors (Lipinski definition) is 10. The number of ether oxygens (including phenoxy) is 3. The molecule has 2 amide bonds. The van der Waals surface area contributed by atoms with E-state index in [4.69, 9.17) is 30.8 Å². The molecular weight excluding hydrogens is 646 g/mol. The molecule has 2 atom stereocenters. The van der Waals surface area contributed by atoms with Crippen LogP contribution in [-0.4, -0.2) is 73.3 Å². The molecule has 4 N–H and O–H groups in total. The Kier molecular flexibility index (Phi) is 10.9. The maximum atomic E-state index is 11.5. The zero-order valence-electron chi connectivity index (χ0n) is 27.8. The fourth-order valence-electron chi connectivity index (χ4n) is 6.27. The minimum absolute atomic E-state index is 0.0947. The molecule has 2 aliphatic rings. The summed E-state index contributed by atoms with van der Waals surface area (Å²) in [6.07, 6.45) is 4.30. The van der Waals surface area contributed by atoms with E-state index in [0.717, 1.165) is 29.5 Å². The summed E-state index contributed by atoms with van der Waals surface area (Å²) in [5.74, 6) is 1.85. The van der Waals surface area contributed by atoms with Crippen LogP contribution in [-0.2, 0) is 22.7 Å². The normalized spacial score (nSPS) is 17.1. The van der Waals surface area contributed by atoms with E-state index >= 15 is 0 Å². The molecule has 0 saturated carbocycles. The molecule has 256 valence electrons. The minimum atomic E-state index is 0.0947. The zero-order chi connectivity index (χ0) is 34.3. The van der Waals surface area contributed by atoms with Crippen molar-refractivity contribution in [3.8, 4) is 51.2 Å². The van der Waals surface area contributed by atoms with E-state index in [1.165, 1.54) is 6.33 Å². The number of nitrogens with one attached hydrogen (secondary N) is 4. The molecule has 0 spiro atoms. The molecular formula is C36H40ClN7O5. The Morgan fingerprint density at radius 2 is 1.45 bits per heavy atom. The lowest BCUT2D eigenvalue weighted by atomic mass is 10.0. The summed E-state index contributed by atoms with van der Waals surface area (Å²) in [5, 5.41) is 13.2. The Hall–Kier alpha value is -4.78. The van der Waals surface area contributed by atoms with Crippen LogP contribution in [0.4, 0.5) is 0 Å². The Labute approximate surface area is 290 Å². The Morgan fingerprint density at radius 1 is 0.796 bits per heavy atom. The lowest BCUT2D eigenvalue weighted by molar-refractivity contribution is -0.120. The summed E-state index contributed by atoms with van der Waals surface area (Å²) in [4.78, 5) is 37.0. The van der Waals surface area contributed by atoms with Gasteiger partial charge in [0.1, 0.15) is 23.5 Å². The van der Waals surface area contributed by atoms with Crippen molar-refractivity contribution in [2.24, 2.45) is 0 Å². The monoisotopic (exact) mass is 685 g/mol. The molecule has 49 heavy (non-hydrogen) atoms.